The minimum atomic E-state index is -0.0935. The third kappa shape index (κ3) is 3.36. The highest BCUT2D eigenvalue weighted by Crippen LogP contribution is 2.23. The highest BCUT2D eigenvalue weighted by molar-refractivity contribution is 7.10. The van der Waals surface area contributed by atoms with Crippen molar-refractivity contribution in [1.29, 1.82) is 0 Å². The van der Waals surface area contributed by atoms with E-state index in [1.54, 1.807) is 6.07 Å². The number of hydrogen-bond donors (Lipinski definition) is 2. The second kappa shape index (κ2) is 6.11. The first kappa shape index (κ1) is 11.6. The summed E-state index contributed by atoms with van der Waals surface area (Å²) in [6.07, 6.45) is 3.63. The number of rotatable bonds is 6. The molecule has 0 radical (unpaired) electrons. The lowest BCUT2D eigenvalue weighted by Crippen LogP contribution is -2.03. The van der Waals surface area contributed by atoms with Crippen LogP contribution in [-0.4, -0.2) is 13.1 Å². The second-order valence-corrected chi connectivity index (χ2v) is 4.37. The predicted molar refractivity (Wildman–Crippen MR) is 59.0 cm³/mol. The van der Waals surface area contributed by atoms with Crippen LogP contribution in [0.1, 0.15) is 23.3 Å². The lowest BCUT2D eigenvalue weighted by Gasteiger charge is -2.01. The molecule has 2 nitrogen and oxygen atoms in total. The molecule has 1 aromatic heterocycles. The monoisotopic (exact) mass is 216 g/mol. The highest BCUT2D eigenvalue weighted by Gasteiger charge is 2.07. The van der Waals surface area contributed by atoms with Crippen LogP contribution in [0.2, 0.25) is 0 Å². The van der Waals surface area contributed by atoms with Crippen LogP contribution >= 0.6 is 11.3 Å². The number of halogens is 1. The topological polar surface area (TPSA) is 52.0 Å². The minimum Gasteiger partial charge on any atom is -0.330 e. The summed E-state index contributed by atoms with van der Waals surface area (Å²) in [5.74, 6) is 0. The zero-order valence-corrected chi connectivity index (χ0v) is 9.08. The first-order valence-electron chi connectivity index (χ1n) is 4.95. The molecule has 0 atom stereocenters. The average Bonchev–Trinajstić information content (AvgIpc) is 2.52. The van der Waals surface area contributed by atoms with Gasteiger partial charge in [-0.2, -0.15) is 4.39 Å². The van der Waals surface area contributed by atoms with E-state index in [4.69, 9.17) is 11.5 Å². The lowest BCUT2D eigenvalue weighted by atomic mass is 10.1. The standard InChI is InChI=1S/C10H17FN2S/c11-10-7-8(3-1-5-12)9(14-10)4-2-6-13/h7H,1-6,12-13H2. The molecule has 14 heavy (non-hydrogen) atoms. The van der Waals surface area contributed by atoms with Gasteiger partial charge in [0.15, 0.2) is 5.13 Å². The third-order valence-electron chi connectivity index (χ3n) is 2.12. The Bertz CT molecular complexity index is 248. The smallest absolute Gasteiger partial charge is 0.176 e. The Morgan fingerprint density at radius 1 is 1.14 bits per heavy atom. The summed E-state index contributed by atoms with van der Waals surface area (Å²) in [6.45, 7) is 1.32. The summed E-state index contributed by atoms with van der Waals surface area (Å²) in [7, 11) is 0. The summed E-state index contributed by atoms with van der Waals surface area (Å²) < 4.78 is 13.0. The van der Waals surface area contributed by atoms with Crippen molar-refractivity contribution in [3.8, 4) is 0 Å². The van der Waals surface area contributed by atoms with Gasteiger partial charge in [-0.05, 0) is 50.4 Å². The highest BCUT2D eigenvalue weighted by atomic mass is 32.1. The van der Waals surface area contributed by atoms with E-state index in [1.807, 2.05) is 0 Å². The Morgan fingerprint density at radius 3 is 2.43 bits per heavy atom. The summed E-state index contributed by atoms with van der Waals surface area (Å²) in [5, 5.41) is -0.0935. The molecule has 0 aliphatic carbocycles. The largest absolute Gasteiger partial charge is 0.330 e. The van der Waals surface area contributed by atoms with E-state index < -0.39 is 0 Å². The molecule has 1 rings (SSSR count). The van der Waals surface area contributed by atoms with Gasteiger partial charge in [-0.15, -0.1) is 11.3 Å². The summed E-state index contributed by atoms with van der Waals surface area (Å²) in [6, 6.07) is 1.63. The molecule has 0 saturated heterocycles. The summed E-state index contributed by atoms with van der Waals surface area (Å²) >= 11 is 1.24. The molecular weight excluding hydrogens is 199 g/mol. The first-order valence-corrected chi connectivity index (χ1v) is 5.76. The van der Waals surface area contributed by atoms with Gasteiger partial charge in [-0.3, -0.25) is 0 Å². The number of aryl methyl sites for hydroxylation is 2. The molecule has 4 heteroatoms. The molecule has 1 aromatic rings. The number of nitrogens with two attached hydrogens (primary N) is 2. The Labute approximate surface area is 88.1 Å². The Balaban J connectivity index is 2.60. The molecular formula is C10H17FN2S. The second-order valence-electron chi connectivity index (χ2n) is 3.28. The minimum absolute atomic E-state index is 0.0935. The molecule has 1 heterocycles. The van der Waals surface area contributed by atoms with Gasteiger partial charge in [0, 0.05) is 4.88 Å². The molecule has 0 spiro atoms. The van der Waals surface area contributed by atoms with E-state index in [1.165, 1.54) is 11.3 Å². The fraction of sp³-hybridized carbons (Fsp3) is 0.600. The van der Waals surface area contributed by atoms with E-state index in [0.29, 0.717) is 13.1 Å². The van der Waals surface area contributed by atoms with Crippen molar-refractivity contribution in [2.75, 3.05) is 13.1 Å². The Hall–Kier alpha value is -0.450. The fourth-order valence-corrected chi connectivity index (χ4v) is 2.38. The third-order valence-corrected chi connectivity index (χ3v) is 3.15. The molecule has 80 valence electrons. The molecule has 0 amide bonds. The SMILES string of the molecule is NCCCc1cc(F)sc1CCCN. The van der Waals surface area contributed by atoms with Gasteiger partial charge in [-0.25, -0.2) is 0 Å². The van der Waals surface area contributed by atoms with Gasteiger partial charge in [0.1, 0.15) is 0 Å². The molecule has 0 unspecified atom stereocenters. The van der Waals surface area contributed by atoms with Gasteiger partial charge >= 0.3 is 0 Å². The van der Waals surface area contributed by atoms with Gasteiger partial charge in [-0.1, -0.05) is 0 Å². The van der Waals surface area contributed by atoms with E-state index in [9.17, 15) is 4.39 Å². The van der Waals surface area contributed by atoms with Crippen LogP contribution in [0.4, 0.5) is 4.39 Å². The van der Waals surface area contributed by atoms with Crippen LogP contribution < -0.4 is 11.5 Å². The average molecular weight is 216 g/mol. The number of hydrogen-bond acceptors (Lipinski definition) is 3. The molecule has 0 aromatic carbocycles. The van der Waals surface area contributed by atoms with Crippen molar-refractivity contribution in [2.45, 2.75) is 25.7 Å². The van der Waals surface area contributed by atoms with Crippen LogP contribution in [0.5, 0.6) is 0 Å². The van der Waals surface area contributed by atoms with Crippen molar-refractivity contribution < 1.29 is 4.39 Å². The normalized spacial score (nSPS) is 10.8. The van der Waals surface area contributed by atoms with Crippen LogP contribution in [-0.2, 0) is 12.8 Å². The maximum Gasteiger partial charge on any atom is 0.176 e. The lowest BCUT2D eigenvalue weighted by molar-refractivity contribution is 0.655. The predicted octanol–water partition coefficient (Wildman–Crippen LogP) is 1.67. The maximum atomic E-state index is 13.0. The zero-order valence-electron chi connectivity index (χ0n) is 8.26. The summed E-state index contributed by atoms with van der Waals surface area (Å²) in [4.78, 5) is 1.14. The quantitative estimate of drug-likeness (QED) is 0.760. The van der Waals surface area contributed by atoms with Crippen molar-refractivity contribution in [2.24, 2.45) is 11.5 Å². The maximum absolute atomic E-state index is 13.0. The summed E-state index contributed by atoms with van der Waals surface area (Å²) in [5.41, 5.74) is 12.0. The Kier molecular flexibility index (Phi) is 5.07. The molecule has 0 bridgehead atoms. The fourth-order valence-electron chi connectivity index (χ4n) is 1.41. The Morgan fingerprint density at radius 2 is 1.79 bits per heavy atom. The van der Waals surface area contributed by atoms with Crippen LogP contribution in [0.25, 0.3) is 0 Å². The van der Waals surface area contributed by atoms with Gasteiger partial charge in [0.25, 0.3) is 0 Å². The molecule has 0 aliphatic heterocycles. The van der Waals surface area contributed by atoms with Gasteiger partial charge < -0.3 is 11.5 Å². The van der Waals surface area contributed by atoms with E-state index >= 15 is 0 Å². The molecule has 0 fully saturated rings. The van der Waals surface area contributed by atoms with Crippen LogP contribution in [0.15, 0.2) is 6.07 Å². The molecule has 0 aliphatic rings. The van der Waals surface area contributed by atoms with E-state index in [2.05, 4.69) is 0 Å². The van der Waals surface area contributed by atoms with Crippen molar-refractivity contribution in [1.82, 2.24) is 0 Å². The van der Waals surface area contributed by atoms with E-state index in [0.717, 1.165) is 36.1 Å². The van der Waals surface area contributed by atoms with Crippen LogP contribution in [0, 0.1) is 5.13 Å². The zero-order chi connectivity index (χ0) is 10.4. The van der Waals surface area contributed by atoms with Crippen molar-refractivity contribution >= 4 is 11.3 Å². The van der Waals surface area contributed by atoms with Crippen molar-refractivity contribution in [3.05, 3.63) is 21.6 Å². The van der Waals surface area contributed by atoms with Gasteiger partial charge in [0.05, 0.1) is 0 Å². The number of thiophene rings is 1. The molecule has 4 N–H and O–H groups in total. The van der Waals surface area contributed by atoms with Crippen molar-refractivity contribution in [3.63, 3.8) is 0 Å². The molecule has 0 saturated carbocycles. The van der Waals surface area contributed by atoms with Gasteiger partial charge in [0.2, 0.25) is 0 Å². The first-order chi connectivity index (χ1) is 6.77. The van der Waals surface area contributed by atoms with E-state index in [-0.39, 0.29) is 5.13 Å². The van der Waals surface area contributed by atoms with Crippen LogP contribution in [0.3, 0.4) is 0 Å².